The Morgan fingerprint density at radius 2 is 2.00 bits per heavy atom. The number of ketones is 1. The standard InChI is InChI=1S/C23H31IO/c1-23-13-12-19-18-8-6-16(5-3-2-4-14-24)15-17(18)7-9-20(19)21(23)10-11-22(23)25/h6,8,15,19-21H,2-5,7,9-14H2,1H3/t19-,20-,21+,23+/m1/s1. The van der Waals surface area contributed by atoms with Crippen molar-refractivity contribution in [3.8, 4) is 0 Å². The van der Waals surface area contributed by atoms with Crippen molar-refractivity contribution in [3.63, 3.8) is 0 Å². The second-order valence-corrected chi connectivity index (χ2v) is 9.95. The van der Waals surface area contributed by atoms with Crippen molar-refractivity contribution in [2.24, 2.45) is 17.3 Å². The van der Waals surface area contributed by atoms with Gasteiger partial charge in [0.1, 0.15) is 5.78 Å². The van der Waals surface area contributed by atoms with E-state index in [1.54, 1.807) is 16.7 Å². The van der Waals surface area contributed by atoms with Gasteiger partial charge in [-0.2, -0.15) is 0 Å². The van der Waals surface area contributed by atoms with Gasteiger partial charge >= 0.3 is 0 Å². The maximum absolute atomic E-state index is 12.4. The van der Waals surface area contributed by atoms with E-state index in [-0.39, 0.29) is 5.41 Å². The lowest BCUT2D eigenvalue weighted by molar-refractivity contribution is -0.129. The lowest BCUT2D eigenvalue weighted by atomic mass is 9.55. The number of rotatable bonds is 5. The van der Waals surface area contributed by atoms with E-state index < -0.39 is 0 Å². The van der Waals surface area contributed by atoms with Crippen molar-refractivity contribution in [2.45, 2.75) is 77.0 Å². The van der Waals surface area contributed by atoms with Crippen LogP contribution in [0.5, 0.6) is 0 Å². The number of alkyl halides is 1. The highest BCUT2D eigenvalue weighted by Gasteiger charge is 2.54. The minimum Gasteiger partial charge on any atom is -0.299 e. The predicted molar refractivity (Wildman–Crippen MR) is 113 cm³/mol. The average molecular weight is 450 g/mol. The molecule has 2 saturated carbocycles. The van der Waals surface area contributed by atoms with E-state index in [0.717, 1.165) is 31.1 Å². The van der Waals surface area contributed by atoms with Crippen LogP contribution < -0.4 is 0 Å². The lowest BCUT2D eigenvalue weighted by Gasteiger charge is -2.48. The zero-order valence-corrected chi connectivity index (χ0v) is 17.7. The van der Waals surface area contributed by atoms with Crippen LogP contribution >= 0.6 is 22.6 Å². The highest BCUT2D eigenvalue weighted by Crippen LogP contribution is 2.59. The van der Waals surface area contributed by atoms with Gasteiger partial charge < -0.3 is 0 Å². The Labute approximate surface area is 166 Å². The van der Waals surface area contributed by atoms with Crippen molar-refractivity contribution in [1.29, 1.82) is 0 Å². The molecule has 0 amide bonds. The molecule has 3 aliphatic carbocycles. The number of unbranched alkanes of at least 4 members (excludes halogenated alkanes) is 2. The van der Waals surface area contributed by atoms with Crippen LogP contribution in [0.3, 0.4) is 0 Å². The number of Topliss-reactive ketones (excluding diaryl/α,β-unsaturated/α-hetero) is 1. The van der Waals surface area contributed by atoms with Crippen LogP contribution in [0, 0.1) is 17.3 Å². The fraction of sp³-hybridized carbons (Fsp3) is 0.696. The second kappa shape index (κ2) is 7.32. The van der Waals surface area contributed by atoms with E-state index >= 15 is 0 Å². The van der Waals surface area contributed by atoms with Crippen molar-refractivity contribution in [2.75, 3.05) is 4.43 Å². The van der Waals surface area contributed by atoms with Crippen LogP contribution in [0.1, 0.15) is 80.9 Å². The molecule has 0 heterocycles. The highest BCUT2D eigenvalue weighted by molar-refractivity contribution is 14.1. The summed E-state index contributed by atoms with van der Waals surface area (Å²) in [6, 6.07) is 7.38. The number of fused-ring (bicyclic) bond motifs is 5. The van der Waals surface area contributed by atoms with E-state index in [1.165, 1.54) is 49.4 Å². The Hall–Kier alpha value is -0.380. The molecule has 0 N–H and O–H groups in total. The summed E-state index contributed by atoms with van der Waals surface area (Å²) in [6.07, 6.45) is 12.2. The molecule has 0 aromatic heterocycles. The summed E-state index contributed by atoms with van der Waals surface area (Å²) in [7, 11) is 0. The Bertz CT molecular complexity index is 651. The van der Waals surface area contributed by atoms with Gasteiger partial charge in [0.25, 0.3) is 0 Å². The summed E-state index contributed by atoms with van der Waals surface area (Å²) in [6.45, 7) is 2.28. The largest absolute Gasteiger partial charge is 0.299 e. The van der Waals surface area contributed by atoms with Crippen molar-refractivity contribution < 1.29 is 4.79 Å². The van der Waals surface area contributed by atoms with Crippen LogP contribution in [0.15, 0.2) is 18.2 Å². The van der Waals surface area contributed by atoms with Crippen LogP contribution in [-0.4, -0.2) is 10.2 Å². The maximum atomic E-state index is 12.4. The van der Waals surface area contributed by atoms with E-state index in [2.05, 4.69) is 47.7 Å². The molecule has 0 saturated heterocycles. The fourth-order valence-corrected chi connectivity index (χ4v) is 6.70. The maximum Gasteiger partial charge on any atom is 0.139 e. The molecule has 0 unspecified atom stereocenters. The zero-order valence-electron chi connectivity index (χ0n) is 15.5. The Balaban J connectivity index is 1.50. The number of carbonyl (C=O) groups is 1. The third kappa shape index (κ3) is 3.21. The molecule has 4 rings (SSSR count). The number of benzene rings is 1. The topological polar surface area (TPSA) is 17.1 Å². The molecule has 0 aliphatic heterocycles. The van der Waals surface area contributed by atoms with Crippen molar-refractivity contribution in [1.82, 2.24) is 0 Å². The van der Waals surface area contributed by atoms with Crippen LogP contribution in [0.2, 0.25) is 0 Å². The number of hydrogen-bond acceptors (Lipinski definition) is 1. The van der Waals surface area contributed by atoms with Gasteiger partial charge in [0, 0.05) is 11.8 Å². The average Bonchev–Trinajstić information content (AvgIpc) is 2.93. The molecule has 1 nitrogen and oxygen atoms in total. The predicted octanol–water partition coefficient (Wildman–Crippen LogP) is 6.26. The molecule has 136 valence electrons. The van der Waals surface area contributed by atoms with Gasteiger partial charge in [-0.1, -0.05) is 54.1 Å². The van der Waals surface area contributed by atoms with Gasteiger partial charge in [-0.15, -0.1) is 0 Å². The van der Waals surface area contributed by atoms with Gasteiger partial charge in [0.15, 0.2) is 0 Å². The number of carbonyl (C=O) groups excluding carboxylic acids is 1. The minimum absolute atomic E-state index is 0.0112. The Kier molecular flexibility index (Phi) is 5.28. The SMILES string of the molecule is C[C@]12CC[C@@H]3c4ccc(CCCCCI)cc4CC[C@H]3[C@@H]1CCC2=O. The molecular formula is C23H31IO. The molecule has 0 spiro atoms. The third-order valence-corrected chi connectivity index (χ3v) is 8.36. The first-order valence-corrected chi connectivity index (χ1v) is 11.9. The Morgan fingerprint density at radius 3 is 2.84 bits per heavy atom. The molecule has 4 atom stereocenters. The zero-order chi connectivity index (χ0) is 17.4. The van der Waals surface area contributed by atoms with Crippen molar-refractivity contribution >= 4 is 28.4 Å². The number of aryl methyl sites for hydroxylation is 2. The Morgan fingerprint density at radius 1 is 1.12 bits per heavy atom. The normalized spacial score (nSPS) is 33.7. The molecule has 1 aromatic carbocycles. The minimum atomic E-state index is 0.0112. The van der Waals surface area contributed by atoms with Crippen LogP contribution in [0.4, 0.5) is 0 Å². The molecule has 2 fully saturated rings. The van der Waals surface area contributed by atoms with E-state index in [9.17, 15) is 4.79 Å². The van der Waals surface area contributed by atoms with Gasteiger partial charge in [-0.3, -0.25) is 4.79 Å². The molecule has 2 heteroatoms. The summed E-state index contributed by atoms with van der Waals surface area (Å²) < 4.78 is 1.29. The van der Waals surface area contributed by atoms with Gasteiger partial charge in [0.05, 0.1) is 0 Å². The molecule has 0 bridgehead atoms. The first-order valence-electron chi connectivity index (χ1n) is 10.3. The second-order valence-electron chi connectivity index (χ2n) is 8.87. The highest BCUT2D eigenvalue weighted by atomic mass is 127. The van der Waals surface area contributed by atoms with Gasteiger partial charge in [-0.25, -0.2) is 0 Å². The number of hydrogen-bond donors (Lipinski definition) is 0. The van der Waals surface area contributed by atoms with Crippen LogP contribution in [0.25, 0.3) is 0 Å². The molecule has 25 heavy (non-hydrogen) atoms. The van der Waals surface area contributed by atoms with E-state index in [0.29, 0.717) is 11.7 Å². The van der Waals surface area contributed by atoms with Gasteiger partial charge in [-0.05, 0) is 90.2 Å². The molecule has 1 aromatic rings. The van der Waals surface area contributed by atoms with Gasteiger partial charge in [0.2, 0.25) is 0 Å². The summed E-state index contributed by atoms with van der Waals surface area (Å²) in [5.41, 5.74) is 4.81. The summed E-state index contributed by atoms with van der Waals surface area (Å²) in [5, 5.41) is 0. The molecule has 0 radical (unpaired) electrons. The molecular weight excluding hydrogens is 419 g/mol. The number of halogens is 1. The van der Waals surface area contributed by atoms with Crippen LogP contribution in [-0.2, 0) is 17.6 Å². The lowest BCUT2D eigenvalue weighted by Crippen LogP contribution is -2.42. The smallest absolute Gasteiger partial charge is 0.139 e. The van der Waals surface area contributed by atoms with E-state index in [1.807, 2.05) is 0 Å². The quantitative estimate of drug-likeness (QED) is 0.294. The summed E-state index contributed by atoms with van der Waals surface area (Å²) in [5.74, 6) is 2.69. The first kappa shape index (κ1) is 18.0. The van der Waals surface area contributed by atoms with E-state index in [4.69, 9.17) is 0 Å². The van der Waals surface area contributed by atoms with Crippen molar-refractivity contribution in [3.05, 3.63) is 34.9 Å². The fourth-order valence-electron chi connectivity index (χ4n) is 6.16. The molecule has 3 aliphatic rings. The monoisotopic (exact) mass is 450 g/mol. The summed E-state index contributed by atoms with van der Waals surface area (Å²) in [4.78, 5) is 12.4. The third-order valence-electron chi connectivity index (χ3n) is 7.60. The first-order chi connectivity index (χ1) is 12.1. The summed E-state index contributed by atoms with van der Waals surface area (Å²) >= 11 is 2.48.